The van der Waals surface area contributed by atoms with Crippen molar-refractivity contribution in [3.8, 4) is 0 Å². The van der Waals surface area contributed by atoms with Crippen molar-refractivity contribution >= 4 is 0 Å². The highest BCUT2D eigenvalue weighted by molar-refractivity contribution is 5.24. The Balaban J connectivity index is 6.56. The minimum atomic E-state index is -8.08. The van der Waals surface area contributed by atoms with Gasteiger partial charge in [-0.15, -0.1) is 0 Å². The summed E-state index contributed by atoms with van der Waals surface area (Å²) in [7, 11) is 0. The van der Waals surface area contributed by atoms with Crippen LogP contribution in [0, 0.1) is 0 Å². The van der Waals surface area contributed by atoms with Crippen molar-refractivity contribution in [3.63, 3.8) is 0 Å². The van der Waals surface area contributed by atoms with Gasteiger partial charge in [-0.1, -0.05) is 0 Å². The molecule has 0 aliphatic heterocycles. The van der Waals surface area contributed by atoms with Crippen LogP contribution in [0.4, 0.5) is 79.0 Å². The highest BCUT2D eigenvalue weighted by Crippen LogP contribution is 2.57. The SMILES string of the molecule is FC(=C(F)C(F)(F)C(F)(F)C(F)(F)C(F)(F)F)C(F)(F)C(F)(F)C(F)C(F)F. The van der Waals surface area contributed by atoms with Crippen molar-refractivity contribution in [2.45, 2.75) is 48.4 Å². The molecule has 0 aromatic carbocycles. The zero-order valence-electron chi connectivity index (χ0n) is 12.0. The van der Waals surface area contributed by atoms with Crippen molar-refractivity contribution < 1.29 is 79.0 Å². The summed E-state index contributed by atoms with van der Waals surface area (Å²) in [6.45, 7) is 0. The molecule has 18 heteroatoms. The van der Waals surface area contributed by atoms with Gasteiger partial charge in [0.05, 0.1) is 0 Å². The highest BCUT2D eigenvalue weighted by Gasteiger charge is 2.84. The summed E-state index contributed by atoms with van der Waals surface area (Å²) in [6, 6.07) is 0. The van der Waals surface area contributed by atoms with E-state index in [1.807, 2.05) is 0 Å². The maximum absolute atomic E-state index is 12.9. The molecular weight excluding hydrogens is 462 g/mol. The van der Waals surface area contributed by atoms with Crippen molar-refractivity contribution in [3.05, 3.63) is 11.7 Å². The Kier molecular flexibility index (Phi) is 6.68. The molecule has 0 bridgehead atoms. The van der Waals surface area contributed by atoms with Gasteiger partial charge in [-0.25, -0.2) is 22.0 Å². The highest BCUT2D eigenvalue weighted by atomic mass is 19.4. The van der Waals surface area contributed by atoms with Crippen molar-refractivity contribution in [1.82, 2.24) is 0 Å². The van der Waals surface area contributed by atoms with E-state index in [9.17, 15) is 79.0 Å². The van der Waals surface area contributed by atoms with Crippen LogP contribution in [0.2, 0.25) is 0 Å². The van der Waals surface area contributed by atoms with Gasteiger partial charge in [0.2, 0.25) is 17.8 Å². The molecule has 0 fully saturated rings. The number of allylic oxidation sites excluding steroid dienone is 2. The molecule has 0 saturated carbocycles. The molecular formula is C10H2F18. The summed E-state index contributed by atoms with van der Waals surface area (Å²) in [4.78, 5) is 0. The number of hydrogen-bond acceptors (Lipinski definition) is 0. The van der Waals surface area contributed by atoms with E-state index >= 15 is 0 Å². The lowest BCUT2D eigenvalue weighted by atomic mass is 9.98. The third-order valence-corrected chi connectivity index (χ3v) is 2.87. The quantitative estimate of drug-likeness (QED) is 0.379. The molecule has 28 heavy (non-hydrogen) atoms. The van der Waals surface area contributed by atoms with Crippen LogP contribution in [0.5, 0.6) is 0 Å². The molecule has 0 aromatic rings. The second-order valence-corrected chi connectivity index (χ2v) is 4.78. The molecule has 168 valence electrons. The van der Waals surface area contributed by atoms with Crippen LogP contribution < -0.4 is 0 Å². The smallest absolute Gasteiger partial charge is 0.234 e. The predicted octanol–water partition coefficient (Wildman–Crippen LogP) is 6.48. The molecule has 0 heterocycles. The normalized spacial score (nSPS) is 17.7. The molecule has 0 radical (unpaired) electrons. The van der Waals surface area contributed by atoms with Crippen LogP contribution in [0.15, 0.2) is 11.7 Å². The maximum Gasteiger partial charge on any atom is 0.460 e. The van der Waals surface area contributed by atoms with Gasteiger partial charge < -0.3 is 0 Å². The van der Waals surface area contributed by atoms with E-state index in [1.54, 1.807) is 0 Å². The molecule has 0 N–H and O–H groups in total. The average molecular weight is 464 g/mol. The summed E-state index contributed by atoms with van der Waals surface area (Å²) in [5.41, 5.74) is 0. The van der Waals surface area contributed by atoms with Gasteiger partial charge in [-0.05, 0) is 0 Å². The zero-order valence-corrected chi connectivity index (χ0v) is 12.0. The number of rotatable bonds is 7. The third kappa shape index (κ3) is 3.69. The van der Waals surface area contributed by atoms with Crippen LogP contribution in [-0.2, 0) is 0 Å². The fourth-order valence-corrected chi connectivity index (χ4v) is 1.27. The first-order valence-electron chi connectivity index (χ1n) is 5.86. The molecule has 0 rings (SSSR count). The van der Waals surface area contributed by atoms with Gasteiger partial charge in [-0.2, -0.15) is 57.1 Å². The van der Waals surface area contributed by atoms with Crippen molar-refractivity contribution in [1.29, 1.82) is 0 Å². The van der Waals surface area contributed by atoms with E-state index in [1.165, 1.54) is 0 Å². The van der Waals surface area contributed by atoms with Crippen molar-refractivity contribution in [2.75, 3.05) is 0 Å². The van der Waals surface area contributed by atoms with E-state index < -0.39 is 60.0 Å². The molecule has 0 nitrogen and oxygen atoms in total. The topological polar surface area (TPSA) is 0 Å². The lowest BCUT2D eigenvalue weighted by molar-refractivity contribution is -0.392. The van der Waals surface area contributed by atoms with Gasteiger partial charge in [0, 0.05) is 0 Å². The fourth-order valence-electron chi connectivity index (χ4n) is 1.27. The van der Waals surface area contributed by atoms with E-state index in [4.69, 9.17) is 0 Å². The minimum Gasteiger partial charge on any atom is -0.234 e. The summed E-state index contributed by atoms with van der Waals surface area (Å²) < 4.78 is 225. The van der Waals surface area contributed by atoms with E-state index in [-0.39, 0.29) is 0 Å². The van der Waals surface area contributed by atoms with Gasteiger partial charge in [0.15, 0.2) is 0 Å². The van der Waals surface area contributed by atoms with Crippen LogP contribution in [-0.4, -0.2) is 48.4 Å². The molecule has 0 amide bonds. The van der Waals surface area contributed by atoms with E-state index in [0.717, 1.165) is 0 Å². The van der Waals surface area contributed by atoms with Gasteiger partial charge in [0.25, 0.3) is 6.43 Å². The molecule has 0 aromatic heterocycles. The first-order valence-corrected chi connectivity index (χ1v) is 5.86. The Labute approximate surface area is 140 Å². The zero-order chi connectivity index (χ0) is 23.3. The minimum absolute atomic E-state index is 5.10. The maximum atomic E-state index is 12.9. The molecule has 0 spiro atoms. The summed E-state index contributed by atoms with van der Waals surface area (Å²) in [6.07, 6.45) is -18.1. The Morgan fingerprint density at radius 2 is 0.821 bits per heavy atom. The Hall–Kier alpha value is -1.52. The Morgan fingerprint density at radius 3 is 1.11 bits per heavy atom. The summed E-state index contributed by atoms with van der Waals surface area (Å²) in [5, 5.41) is 0. The lowest BCUT2D eigenvalue weighted by Crippen LogP contribution is -2.61. The monoisotopic (exact) mass is 464 g/mol. The van der Waals surface area contributed by atoms with Crippen LogP contribution in [0.25, 0.3) is 0 Å². The number of alkyl halides is 16. The largest absolute Gasteiger partial charge is 0.460 e. The van der Waals surface area contributed by atoms with E-state index in [0.29, 0.717) is 0 Å². The molecule has 0 saturated heterocycles. The van der Waals surface area contributed by atoms with Gasteiger partial charge >= 0.3 is 35.8 Å². The fraction of sp³-hybridized carbons (Fsp3) is 0.800. The van der Waals surface area contributed by atoms with E-state index in [2.05, 4.69) is 0 Å². The second-order valence-electron chi connectivity index (χ2n) is 4.78. The lowest BCUT2D eigenvalue weighted by Gasteiger charge is -2.34. The first-order chi connectivity index (χ1) is 11.9. The Morgan fingerprint density at radius 1 is 0.500 bits per heavy atom. The number of halogens is 18. The number of hydrogen-bond donors (Lipinski definition) is 0. The summed E-state index contributed by atoms with van der Waals surface area (Å²) in [5.74, 6) is -48.9. The van der Waals surface area contributed by atoms with Crippen molar-refractivity contribution in [2.24, 2.45) is 0 Å². The Bertz CT molecular complexity index is 594. The van der Waals surface area contributed by atoms with Gasteiger partial charge in [-0.3, -0.25) is 0 Å². The average Bonchev–Trinajstić information content (AvgIpc) is 2.50. The van der Waals surface area contributed by atoms with Crippen LogP contribution >= 0.6 is 0 Å². The third-order valence-electron chi connectivity index (χ3n) is 2.87. The second kappa shape index (κ2) is 7.07. The predicted molar refractivity (Wildman–Crippen MR) is 50.9 cm³/mol. The first kappa shape index (κ1) is 26.5. The summed E-state index contributed by atoms with van der Waals surface area (Å²) >= 11 is 0. The van der Waals surface area contributed by atoms with Gasteiger partial charge in [0.1, 0.15) is 0 Å². The standard InChI is InChI=1S/C10H2F18/c11-1(5(16,17)6(18,19)3(13)4(14)15)2(12)7(20,21)8(22,23)9(24,25)10(26,27)28/h3-4H. The molecule has 1 unspecified atom stereocenters. The van der Waals surface area contributed by atoms with Crippen LogP contribution in [0.3, 0.4) is 0 Å². The van der Waals surface area contributed by atoms with Crippen LogP contribution in [0.1, 0.15) is 0 Å². The molecule has 0 aliphatic rings. The molecule has 1 atom stereocenters. The molecule has 0 aliphatic carbocycles.